The van der Waals surface area contributed by atoms with Crippen molar-refractivity contribution in [3.05, 3.63) is 42.0 Å². The van der Waals surface area contributed by atoms with Crippen molar-refractivity contribution in [2.75, 3.05) is 18.5 Å². The van der Waals surface area contributed by atoms with Crippen LogP contribution in [-0.4, -0.2) is 38.7 Å². The molecule has 0 fully saturated rings. The van der Waals surface area contributed by atoms with E-state index in [4.69, 9.17) is 9.47 Å². The first-order chi connectivity index (χ1) is 14.2. The van der Waals surface area contributed by atoms with Crippen molar-refractivity contribution in [3.63, 3.8) is 0 Å². The fraction of sp³-hybridized carbons (Fsp3) is 0.381. The molecule has 1 atom stereocenters. The number of aryl methyl sites for hydroxylation is 1. The van der Waals surface area contributed by atoms with Crippen LogP contribution in [0.25, 0.3) is 0 Å². The van der Waals surface area contributed by atoms with E-state index in [1.54, 1.807) is 32.0 Å². The highest BCUT2D eigenvalue weighted by atomic mass is 32.2. The van der Waals surface area contributed by atoms with Crippen molar-refractivity contribution >= 4 is 21.6 Å². The quantitative estimate of drug-likeness (QED) is 0.603. The van der Waals surface area contributed by atoms with Crippen LogP contribution in [0.4, 0.5) is 5.69 Å². The van der Waals surface area contributed by atoms with Crippen molar-refractivity contribution in [1.29, 1.82) is 0 Å². The molecule has 0 saturated heterocycles. The van der Waals surface area contributed by atoms with Gasteiger partial charge in [0, 0.05) is 12.5 Å². The van der Waals surface area contributed by atoms with E-state index in [0.29, 0.717) is 31.1 Å². The lowest BCUT2D eigenvalue weighted by Crippen LogP contribution is -2.47. The molecular formula is C21H26N2O6S. The lowest BCUT2D eigenvalue weighted by Gasteiger charge is -2.22. The smallest absolute Gasteiger partial charge is 0.242 e. The summed E-state index contributed by atoms with van der Waals surface area (Å²) in [7, 11) is -4.01. The second-order valence-electron chi connectivity index (χ2n) is 7.51. The predicted octanol–water partition coefficient (Wildman–Crippen LogP) is 2.80. The number of hydrogen-bond acceptors (Lipinski definition) is 6. The number of carbonyl (C=O) groups excluding carboxylic acids is 1. The summed E-state index contributed by atoms with van der Waals surface area (Å²) >= 11 is 0. The number of rotatable bonds is 6. The Bertz CT molecular complexity index is 1040. The number of benzene rings is 2. The summed E-state index contributed by atoms with van der Waals surface area (Å²) in [5.41, 5.74) is 1.05. The zero-order valence-corrected chi connectivity index (χ0v) is 18.0. The zero-order valence-electron chi connectivity index (χ0n) is 17.1. The van der Waals surface area contributed by atoms with Gasteiger partial charge in [0.1, 0.15) is 11.8 Å². The Hall–Kier alpha value is -2.78. The number of nitrogens with one attached hydrogen (secondary N) is 2. The minimum atomic E-state index is -4.01. The first kappa shape index (κ1) is 21.9. The van der Waals surface area contributed by atoms with Crippen LogP contribution in [0.3, 0.4) is 0 Å². The molecule has 0 saturated carbocycles. The Morgan fingerprint density at radius 1 is 1.07 bits per heavy atom. The van der Waals surface area contributed by atoms with Gasteiger partial charge in [-0.2, -0.15) is 4.72 Å². The third-order valence-electron chi connectivity index (χ3n) is 4.67. The van der Waals surface area contributed by atoms with Gasteiger partial charge in [-0.05, 0) is 42.7 Å². The maximum Gasteiger partial charge on any atom is 0.242 e. The van der Waals surface area contributed by atoms with Gasteiger partial charge in [0.15, 0.2) is 11.5 Å². The summed E-state index contributed by atoms with van der Waals surface area (Å²) in [5.74, 6) is -0.156. The number of sulfonamides is 1. The van der Waals surface area contributed by atoms with Gasteiger partial charge in [-0.3, -0.25) is 4.79 Å². The molecule has 0 spiro atoms. The monoisotopic (exact) mass is 434 g/mol. The molecule has 2 aromatic carbocycles. The molecule has 1 amide bonds. The minimum absolute atomic E-state index is 0.0246. The number of carbonyl (C=O) groups is 1. The van der Waals surface area contributed by atoms with Gasteiger partial charge in [0.25, 0.3) is 0 Å². The van der Waals surface area contributed by atoms with E-state index in [1.807, 2.05) is 6.92 Å². The Kier molecular flexibility index (Phi) is 6.52. The van der Waals surface area contributed by atoms with Gasteiger partial charge < -0.3 is 19.9 Å². The summed E-state index contributed by atoms with van der Waals surface area (Å²) < 4.78 is 39.5. The van der Waals surface area contributed by atoms with Crippen molar-refractivity contribution < 1.29 is 27.8 Å². The van der Waals surface area contributed by atoms with E-state index in [9.17, 15) is 18.3 Å². The Labute approximate surface area is 176 Å². The van der Waals surface area contributed by atoms with Crippen LogP contribution in [0.2, 0.25) is 0 Å². The van der Waals surface area contributed by atoms with Gasteiger partial charge >= 0.3 is 0 Å². The van der Waals surface area contributed by atoms with Crippen LogP contribution >= 0.6 is 0 Å². The van der Waals surface area contributed by atoms with Crippen LogP contribution in [-0.2, 0) is 14.8 Å². The lowest BCUT2D eigenvalue weighted by molar-refractivity contribution is -0.118. The van der Waals surface area contributed by atoms with Crippen LogP contribution in [0, 0.1) is 12.8 Å². The van der Waals surface area contributed by atoms with E-state index < -0.39 is 22.0 Å². The summed E-state index contributed by atoms with van der Waals surface area (Å²) in [6.07, 6.45) is 0.705. The maximum absolute atomic E-state index is 13.0. The molecule has 1 aliphatic heterocycles. The summed E-state index contributed by atoms with van der Waals surface area (Å²) in [6, 6.07) is 8.12. The Morgan fingerprint density at radius 2 is 1.77 bits per heavy atom. The van der Waals surface area contributed by atoms with Gasteiger partial charge in [0.05, 0.1) is 23.8 Å². The molecule has 30 heavy (non-hydrogen) atoms. The van der Waals surface area contributed by atoms with Crippen LogP contribution in [0.5, 0.6) is 17.2 Å². The molecule has 2 aromatic rings. The normalized spacial score (nSPS) is 14.8. The molecule has 0 aromatic heterocycles. The number of hydrogen-bond donors (Lipinski definition) is 3. The molecule has 3 N–H and O–H groups in total. The number of phenols is 1. The van der Waals surface area contributed by atoms with E-state index in [0.717, 1.165) is 5.56 Å². The first-order valence-electron chi connectivity index (χ1n) is 9.70. The average molecular weight is 435 g/mol. The van der Waals surface area contributed by atoms with Crippen molar-refractivity contribution in [3.8, 4) is 17.2 Å². The van der Waals surface area contributed by atoms with Crippen molar-refractivity contribution in [2.24, 2.45) is 5.92 Å². The Morgan fingerprint density at radius 3 is 2.43 bits per heavy atom. The van der Waals surface area contributed by atoms with E-state index in [-0.39, 0.29) is 22.3 Å². The average Bonchev–Trinajstić information content (AvgIpc) is 2.93. The molecule has 0 aliphatic carbocycles. The highest BCUT2D eigenvalue weighted by Crippen LogP contribution is 2.32. The Balaban J connectivity index is 1.81. The van der Waals surface area contributed by atoms with Crippen LogP contribution in [0.15, 0.2) is 41.3 Å². The fourth-order valence-corrected chi connectivity index (χ4v) is 4.36. The van der Waals surface area contributed by atoms with Crippen LogP contribution < -0.4 is 19.5 Å². The standard InChI is InChI=1S/C21H26N2O6S/c1-13(2)20(21(25)22-16-7-5-14(3)11-17(16)24)23-30(26,27)15-6-8-18-19(12-15)29-10-4-9-28-18/h5-8,11-13,20,23-24H,4,9-10H2,1-3H3,(H,22,25)/t20-/m0/s1. The lowest BCUT2D eigenvalue weighted by atomic mass is 10.0. The van der Waals surface area contributed by atoms with Gasteiger partial charge in [-0.1, -0.05) is 19.9 Å². The number of ether oxygens (including phenoxy) is 2. The SMILES string of the molecule is Cc1ccc(NC(=O)[C@@H](NS(=O)(=O)c2ccc3c(c2)OCCCO3)C(C)C)c(O)c1. The van der Waals surface area contributed by atoms with Crippen LogP contribution in [0.1, 0.15) is 25.8 Å². The maximum atomic E-state index is 13.0. The third kappa shape index (κ3) is 5.03. The number of phenolic OH excluding ortho intramolecular Hbond substituents is 1. The molecule has 1 aliphatic rings. The second kappa shape index (κ2) is 8.93. The molecule has 3 rings (SSSR count). The summed E-state index contributed by atoms with van der Waals surface area (Å²) in [4.78, 5) is 12.8. The summed E-state index contributed by atoms with van der Waals surface area (Å²) in [6.45, 7) is 6.21. The largest absolute Gasteiger partial charge is 0.506 e. The minimum Gasteiger partial charge on any atom is -0.506 e. The number of anilines is 1. The molecule has 8 nitrogen and oxygen atoms in total. The van der Waals surface area contributed by atoms with Crippen molar-refractivity contribution in [2.45, 2.75) is 38.1 Å². The topological polar surface area (TPSA) is 114 Å². The third-order valence-corrected chi connectivity index (χ3v) is 6.11. The fourth-order valence-electron chi connectivity index (χ4n) is 3.00. The molecule has 0 bridgehead atoms. The van der Waals surface area contributed by atoms with Gasteiger partial charge in [0.2, 0.25) is 15.9 Å². The zero-order chi connectivity index (χ0) is 21.9. The summed E-state index contributed by atoms with van der Waals surface area (Å²) in [5, 5.41) is 12.6. The molecule has 162 valence electrons. The molecule has 0 unspecified atom stereocenters. The van der Waals surface area contributed by atoms with Gasteiger partial charge in [-0.25, -0.2) is 8.42 Å². The number of fused-ring (bicyclic) bond motifs is 1. The highest BCUT2D eigenvalue weighted by Gasteiger charge is 2.29. The first-order valence-corrected chi connectivity index (χ1v) is 11.2. The van der Waals surface area contributed by atoms with Gasteiger partial charge in [-0.15, -0.1) is 0 Å². The van der Waals surface area contributed by atoms with E-state index >= 15 is 0 Å². The molecule has 1 heterocycles. The van der Waals surface area contributed by atoms with Crippen molar-refractivity contribution in [1.82, 2.24) is 4.72 Å². The highest BCUT2D eigenvalue weighted by molar-refractivity contribution is 7.89. The second-order valence-corrected chi connectivity index (χ2v) is 9.23. The predicted molar refractivity (Wildman–Crippen MR) is 112 cm³/mol. The molecule has 9 heteroatoms. The number of aromatic hydroxyl groups is 1. The molecular weight excluding hydrogens is 408 g/mol. The molecule has 0 radical (unpaired) electrons. The number of amides is 1. The van der Waals surface area contributed by atoms with E-state index in [2.05, 4.69) is 10.0 Å². The van der Waals surface area contributed by atoms with E-state index in [1.165, 1.54) is 18.2 Å².